The van der Waals surface area contributed by atoms with E-state index in [9.17, 15) is 0 Å². The Bertz CT molecular complexity index is 353. The van der Waals surface area contributed by atoms with Crippen molar-refractivity contribution in [3.05, 3.63) is 17.5 Å². The van der Waals surface area contributed by atoms with Crippen LogP contribution in [0.15, 0.2) is 15.7 Å². The smallest absolute Gasteiger partial charge is 0.162 e. The van der Waals surface area contributed by atoms with E-state index >= 15 is 0 Å². The average Bonchev–Trinajstić information content (AvgIpc) is 2.76. The molecule has 0 aliphatic rings. The van der Waals surface area contributed by atoms with Gasteiger partial charge in [-0.1, -0.05) is 16.2 Å². The van der Waals surface area contributed by atoms with Crippen LogP contribution < -0.4 is 0 Å². The Labute approximate surface area is 108 Å². The number of hydrogen-bond acceptors (Lipinski definition) is 6. The van der Waals surface area contributed by atoms with Crippen molar-refractivity contribution in [1.29, 1.82) is 0 Å². The zero-order valence-electron chi connectivity index (χ0n) is 9.59. The second-order valence-electron chi connectivity index (χ2n) is 2.55. The number of nitrogens with zero attached hydrogens (tertiary/aromatic N) is 2. The molecular weight excluding hydrogens is 292 g/mol. The van der Waals surface area contributed by atoms with Gasteiger partial charge in [0.15, 0.2) is 5.76 Å². The lowest BCUT2D eigenvalue weighted by Crippen LogP contribution is -1.73. The number of aryl methyl sites for hydroxylation is 1. The van der Waals surface area contributed by atoms with Crippen LogP contribution in [0.4, 0.5) is 0 Å². The van der Waals surface area contributed by atoms with Crippen molar-refractivity contribution < 1.29 is 19.9 Å². The van der Waals surface area contributed by atoms with Gasteiger partial charge in [0.2, 0.25) is 0 Å². The molecule has 0 fully saturated rings. The summed E-state index contributed by atoms with van der Waals surface area (Å²) in [5.41, 5.74) is 0.800. The van der Waals surface area contributed by atoms with Gasteiger partial charge in [-0.25, -0.2) is 0 Å². The summed E-state index contributed by atoms with van der Waals surface area (Å²) in [5, 5.41) is 30.0. The number of halogens is 1. The van der Waals surface area contributed by atoms with Crippen LogP contribution in [0, 0.1) is 19.3 Å². The molecule has 0 atom stereocenters. The van der Waals surface area contributed by atoms with Crippen LogP contribution in [0.5, 0.6) is 0 Å². The van der Waals surface area contributed by atoms with E-state index in [0.717, 1.165) is 5.69 Å². The second kappa shape index (κ2) is 12.7. The maximum absolute atomic E-state index is 8.42. The fraction of sp³-hybridized carbons (Fsp3) is 0.400. The predicted octanol–water partition coefficient (Wildman–Crippen LogP) is 1.28. The van der Waals surface area contributed by atoms with E-state index in [2.05, 4.69) is 37.2 Å². The molecule has 96 valence electrons. The molecule has 1 aromatic rings. The molecule has 0 saturated heterocycles. The summed E-state index contributed by atoms with van der Waals surface area (Å²) < 4.78 is 5.11. The SMILES string of the molecule is C#CCO.C/C(Br)=N/O.Cc1cc(CO)on1. The van der Waals surface area contributed by atoms with Gasteiger partial charge in [0, 0.05) is 6.07 Å². The van der Waals surface area contributed by atoms with Crippen molar-refractivity contribution >= 4 is 20.6 Å². The fourth-order valence-electron chi connectivity index (χ4n) is 0.491. The van der Waals surface area contributed by atoms with Crippen molar-refractivity contribution in [3.8, 4) is 12.3 Å². The molecule has 0 amide bonds. The molecule has 0 bridgehead atoms. The summed E-state index contributed by atoms with van der Waals surface area (Å²) in [7, 11) is 0. The molecule has 3 N–H and O–H groups in total. The summed E-state index contributed by atoms with van der Waals surface area (Å²) >= 11 is 2.87. The molecule has 0 radical (unpaired) electrons. The van der Waals surface area contributed by atoms with Gasteiger partial charge in [0.05, 0.1) is 5.69 Å². The van der Waals surface area contributed by atoms with Crippen molar-refractivity contribution in [2.75, 3.05) is 6.61 Å². The molecule has 0 aromatic carbocycles. The standard InChI is InChI=1S/C5H7NO2.C3H4O.C2H4BrNO/c1-4-2-5(3-7)8-6-4;1-2-3-4;1-2(3)4-5/h2,7H,3H2,1H3;1,4H,3H2;5H,1H3/b;;4-2-. The number of oxime groups is 1. The quantitative estimate of drug-likeness (QED) is 0.314. The van der Waals surface area contributed by atoms with Gasteiger partial charge in [0.25, 0.3) is 0 Å². The summed E-state index contributed by atoms with van der Waals surface area (Å²) in [6.07, 6.45) is 4.53. The Morgan fingerprint density at radius 1 is 1.65 bits per heavy atom. The lowest BCUT2D eigenvalue weighted by Gasteiger charge is -1.76. The Hall–Kier alpha value is -1.36. The van der Waals surface area contributed by atoms with Crippen LogP contribution in [0.1, 0.15) is 18.4 Å². The van der Waals surface area contributed by atoms with E-state index in [1.807, 2.05) is 12.8 Å². The Kier molecular flexibility index (Phi) is 13.5. The molecule has 7 heteroatoms. The molecule has 0 unspecified atom stereocenters. The number of rotatable bonds is 1. The highest BCUT2D eigenvalue weighted by atomic mass is 79.9. The van der Waals surface area contributed by atoms with Crippen molar-refractivity contribution in [1.82, 2.24) is 5.16 Å². The molecule has 17 heavy (non-hydrogen) atoms. The van der Waals surface area contributed by atoms with Crippen LogP contribution in [0.25, 0.3) is 0 Å². The lowest BCUT2D eigenvalue weighted by molar-refractivity contribution is 0.228. The first-order valence-corrected chi connectivity index (χ1v) is 5.22. The van der Waals surface area contributed by atoms with Crippen LogP contribution in [-0.4, -0.2) is 31.8 Å². The van der Waals surface area contributed by atoms with Gasteiger partial charge in [-0.05, 0) is 29.8 Å². The molecule has 0 saturated carbocycles. The van der Waals surface area contributed by atoms with Gasteiger partial charge < -0.3 is 19.9 Å². The first-order valence-electron chi connectivity index (χ1n) is 4.43. The van der Waals surface area contributed by atoms with Gasteiger partial charge in [-0.2, -0.15) is 0 Å². The highest BCUT2D eigenvalue weighted by molar-refractivity contribution is 9.18. The van der Waals surface area contributed by atoms with Gasteiger partial charge in [0.1, 0.15) is 17.8 Å². The number of aliphatic hydroxyl groups excluding tert-OH is 2. The normalized spacial score (nSPS) is 9.29. The lowest BCUT2D eigenvalue weighted by atomic mass is 10.4. The molecule has 0 spiro atoms. The van der Waals surface area contributed by atoms with E-state index in [0.29, 0.717) is 10.4 Å². The van der Waals surface area contributed by atoms with Crippen LogP contribution in [-0.2, 0) is 6.61 Å². The summed E-state index contributed by atoms with van der Waals surface area (Å²) in [6.45, 7) is 3.23. The number of hydrogen-bond donors (Lipinski definition) is 3. The minimum absolute atomic E-state index is 0.0686. The highest BCUT2D eigenvalue weighted by Crippen LogP contribution is 1.99. The van der Waals surface area contributed by atoms with E-state index in [1.165, 1.54) is 0 Å². The molecule has 0 aliphatic carbocycles. The van der Waals surface area contributed by atoms with Gasteiger partial charge in [-0.15, -0.1) is 6.42 Å². The van der Waals surface area contributed by atoms with Crippen LogP contribution in [0.3, 0.4) is 0 Å². The number of aromatic nitrogens is 1. The van der Waals surface area contributed by atoms with Gasteiger partial charge >= 0.3 is 0 Å². The number of terminal acetylenes is 1. The Morgan fingerprint density at radius 2 is 2.12 bits per heavy atom. The minimum Gasteiger partial charge on any atom is -0.410 e. The topological polar surface area (TPSA) is 99.1 Å². The van der Waals surface area contributed by atoms with Gasteiger partial charge in [-0.3, -0.25) is 0 Å². The molecule has 6 nitrogen and oxygen atoms in total. The Balaban J connectivity index is 0. The predicted molar refractivity (Wildman–Crippen MR) is 66.9 cm³/mol. The summed E-state index contributed by atoms with van der Waals surface area (Å²) in [4.78, 5) is 0. The van der Waals surface area contributed by atoms with E-state index in [1.54, 1.807) is 13.0 Å². The highest BCUT2D eigenvalue weighted by Gasteiger charge is 1.94. The molecular formula is C10H15BrN2O4. The molecule has 0 aliphatic heterocycles. The first-order chi connectivity index (χ1) is 8.01. The fourth-order valence-corrected chi connectivity index (χ4v) is 0.491. The minimum atomic E-state index is -0.153. The van der Waals surface area contributed by atoms with E-state index < -0.39 is 0 Å². The van der Waals surface area contributed by atoms with E-state index in [-0.39, 0.29) is 13.2 Å². The third kappa shape index (κ3) is 14.6. The number of aliphatic hydroxyl groups is 2. The maximum Gasteiger partial charge on any atom is 0.162 e. The third-order valence-electron chi connectivity index (χ3n) is 1.06. The average molecular weight is 307 g/mol. The monoisotopic (exact) mass is 306 g/mol. The Morgan fingerprint density at radius 3 is 2.24 bits per heavy atom. The van der Waals surface area contributed by atoms with Crippen molar-refractivity contribution in [3.63, 3.8) is 0 Å². The largest absolute Gasteiger partial charge is 0.410 e. The third-order valence-corrected chi connectivity index (χ3v) is 1.22. The van der Waals surface area contributed by atoms with Crippen LogP contribution >= 0.6 is 15.9 Å². The van der Waals surface area contributed by atoms with Crippen molar-refractivity contribution in [2.45, 2.75) is 20.5 Å². The maximum atomic E-state index is 8.42. The molecule has 1 heterocycles. The summed E-state index contributed by atoms with van der Waals surface area (Å²) in [6, 6.07) is 1.69. The second-order valence-corrected chi connectivity index (χ2v) is 3.70. The van der Waals surface area contributed by atoms with Crippen LogP contribution in [0.2, 0.25) is 0 Å². The summed E-state index contributed by atoms with van der Waals surface area (Å²) in [5.74, 6) is 2.50. The van der Waals surface area contributed by atoms with Crippen molar-refractivity contribution in [2.24, 2.45) is 5.16 Å². The zero-order valence-corrected chi connectivity index (χ0v) is 11.2. The molecule has 1 aromatic heterocycles. The zero-order chi connectivity index (χ0) is 13.7. The molecule has 1 rings (SSSR count). The first kappa shape index (κ1) is 18.0. The van der Waals surface area contributed by atoms with E-state index in [4.69, 9.17) is 15.4 Å².